The van der Waals surface area contributed by atoms with Crippen molar-refractivity contribution < 1.29 is 9.18 Å². The summed E-state index contributed by atoms with van der Waals surface area (Å²) in [6.07, 6.45) is 0.467. The van der Waals surface area contributed by atoms with Gasteiger partial charge >= 0.3 is 0 Å². The fourth-order valence-corrected chi connectivity index (χ4v) is 2.05. The molecule has 0 fully saturated rings. The Balaban J connectivity index is 1.99. The summed E-state index contributed by atoms with van der Waals surface area (Å²) in [5.41, 5.74) is 7.21. The van der Waals surface area contributed by atoms with Gasteiger partial charge in [0.05, 0.1) is 5.92 Å². The van der Waals surface area contributed by atoms with Crippen LogP contribution in [0.4, 0.5) is 10.2 Å². The molecule has 4 nitrogen and oxygen atoms in total. The average molecular weight is 287 g/mol. The Morgan fingerprint density at radius 1 is 1.29 bits per heavy atom. The fourth-order valence-electron chi connectivity index (χ4n) is 2.05. The number of carbonyl (C=O) groups is 1. The highest BCUT2D eigenvalue weighted by molar-refractivity contribution is 5.77. The Hall–Kier alpha value is -2.43. The summed E-state index contributed by atoms with van der Waals surface area (Å²) in [6, 6.07) is 11.7. The molecule has 0 spiro atoms. The van der Waals surface area contributed by atoms with Gasteiger partial charge in [0, 0.05) is 12.2 Å². The third-order valence-corrected chi connectivity index (χ3v) is 3.22. The van der Waals surface area contributed by atoms with E-state index in [0.29, 0.717) is 18.8 Å². The van der Waals surface area contributed by atoms with Gasteiger partial charge in [0.1, 0.15) is 11.6 Å². The predicted molar refractivity (Wildman–Crippen MR) is 80.3 cm³/mol. The summed E-state index contributed by atoms with van der Waals surface area (Å²) in [5.74, 6) is -0.353. The first-order valence-electron chi connectivity index (χ1n) is 6.76. The van der Waals surface area contributed by atoms with Crippen LogP contribution in [-0.2, 0) is 11.2 Å². The number of halogens is 1. The van der Waals surface area contributed by atoms with Crippen molar-refractivity contribution in [3.05, 3.63) is 59.5 Å². The number of benzene rings is 1. The van der Waals surface area contributed by atoms with Gasteiger partial charge in [-0.1, -0.05) is 18.2 Å². The lowest BCUT2D eigenvalue weighted by Crippen LogP contribution is -2.31. The molecule has 1 atom stereocenters. The highest BCUT2D eigenvalue weighted by atomic mass is 19.1. The number of hydrogen-bond acceptors (Lipinski definition) is 3. The quantitative estimate of drug-likeness (QED) is 0.856. The average Bonchev–Trinajstić information content (AvgIpc) is 2.45. The van der Waals surface area contributed by atoms with E-state index in [4.69, 9.17) is 5.73 Å². The second-order valence-corrected chi connectivity index (χ2v) is 4.97. The summed E-state index contributed by atoms with van der Waals surface area (Å²) >= 11 is 0. The van der Waals surface area contributed by atoms with Gasteiger partial charge in [-0.25, -0.2) is 9.37 Å². The minimum Gasteiger partial charge on any atom is -0.369 e. The molecule has 5 heteroatoms. The van der Waals surface area contributed by atoms with Crippen LogP contribution in [0.15, 0.2) is 42.5 Å². The zero-order valence-electron chi connectivity index (χ0n) is 11.8. The fraction of sp³-hybridized carbons (Fsp3) is 0.250. The number of primary amides is 1. The summed E-state index contributed by atoms with van der Waals surface area (Å²) in [4.78, 5) is 15.9. The molecule has 0 radical (unpaired) electrons. The number of aromatic nitrogens is 1. The third kappa shape index (κ3) is 4.56. The summed E-state index contributed by atoms with van der Waals surface area (Å²) in [7, 11) is 0. The number of amides is 1. The van der Waals surface area contributed by atoms with Gasteiger partial charge in [-0.05, 0) is 43.2 Å². The van der Waals surface area contributed by atoms with Gasteiger partial charge in [0.15, 0.2) is 0 Å². The first kappa shape index (κ1) is 15.0. The first-order chi connectivity index (χ1) is 10.0. The number of hydrogen-bond donors (Lipinski definition) is 2. The second-order valence-electron chi connectivity index (χ2n) is 4.97. The molecule has 0 unspecified atom stereocenters. The largest absolute Gasteiger partial charge is 0.369 e. The third-order valence-electron chi connectivity index (χ3n) is 3.22. The second kappa shape index (κ2) is 6.83. The molecule has 0 aliphatic carbocycles. The Labute approximate surface area is 123 Å². The zero-order valence-corrected chi connectivity index (χ0v) is 11.8. The molecule has 0 saturated heterocycles. The Bertz CT molecular complexity index is 613. The molecule has 2 aromatic rings. The van der Waals surface area contributed by atoms with Crippen molar-refractivity contribution >= 4 is 11.7 Å². The molecule has 1 aromatic heterocycles. The Morgan fingerprint density at radius 3 is 2.62 bits per heavy atom. The van der Waals surface area contributed by atoms with Crippen LogP contribution in [0.3, 0.4) is 0 Å². The van der Waals surface area contributed by atoms with Crippen molar-refractivity contribution in [3.63, 3.8) is 0 Å². The predicted octanol–water partition coefficient (Wildman–Crippen LogP) is 2.29. The van der Waals surface area contributed by atoms with E-state index >= 15 is 0 Å². The van der Waals surface area contributed by atoms with Crippen LogP contribution in [0.1, 0.15) is 11.3 Å². The molecule has 1 aromatic carbocycles. The van der Waals surface area contributed by atoms with E-state index in [1.165, 1.54) is 12.1 Å². The molecular formula is C16H18FN3O. The van der Waals surface area contributed by atoms with Crippen molar-refractivity contribution in [2.75, 3.05) is 11.9 Å². The summed E-state index contributed by atoms with van der Waals surface area (Å²) < 4.78 is 12.9. The van der Waals surface area contributed by atoms with Crippen molar-refractivity contribution in [1.29, 1.82) is 0 Å². The monoisotopic (exact) mass is 287 g/mol. The van der Waals surface area contributed by atoms with Gasteiger partial charge in [-0.15, -0.1) is 0 Å². The number of aryl methyl sites for hydroxylation is 1. The van der Waals surface area contributed by atoms with E-state index in [1.54, 1.807) is 12.1 Å². The Morgan fingerprint density at radius 2 is 2.00 bits per heavy atom. The van der Waals surface area contributed by atoms with Gasteiger partial charge in [0.25, 0.3) is 0 Å². The van der Waals surface area contributed by atoms with Crippen molar-refractivity contribution in [1.82, 2.24) is 4.98 Å². The molecule has 3 N–H and O–H groups in total. The number of pyridine rings is 1. The minimum atomic E-state index is -0.389. The lowest BCUT2D eigenvalue weighted by Gasteiger charge is -2.15. The number of anilines is 1. The van der Waals surface area contributed by atoms with Crippen LogP contribution in [-0.4, -0.2) is 17.4 Å². The molecule has 1 amide bonds. The number of nitrogens with zero attached hydrogens (tertiary/aromatic N) is 1. The highest BCUT2D eigenvalue weighted by Gasteiger charge is 2.16. The van der Waals surface area contributed by atoms with Crippen LogP contribution < -0.4 is 11.1 Å². The molecule has 110 valence electrons. The normalized spacial score (nSPS) is 11.9. The first-order valence-corrected chi connectivity index (χ1v) is 6.76. The number of carbonyl (C=O) groups excluding carboxylic acids is 1. The topological polar surface area (TPSA) is 68.0 Å². The molecular weight excluding hydrogens is 269 g/mol. The van der Waals surface area contributed by atoms with Crippen LogP contribution in [0.2, 0.25) is 0 Å². The van der Waals surface area contributed by atoms with Gasteiger partial charge in [0.2, 0.25) is 5.91 Å². The standard InChI is InChI=1S/C16H18FN3O/c1-11-3-2-4-15(20-11)19-10-13(16(18)21)9-12-5-7-14(17)8-6-12/h2-8,13H,9-10H2,1H3,(H2,18,21)(H,19,20)/t13-/m1/s1. The van der Waals surface area contributed by atoms with Crippen LogP contribution in [0.25, 0.3) is 0 Å². The van der Waals surface area contributed by atoms with Gasteiger partial charge in [-0.2, -0.15) is 0 Å². The Kier molecular flexibility index (Phi) is 4.87. The number of nitrogens with two attached hydrogens (primary N) is 1. The summed E-state index contributed by atoms with van der Waals surface area (Å²) in [6.45, 7) is 2.29. The number of rotatable bonds is 6. The van der Waals surface area contributed by atoms with Crippen LogP contribution in [0, 0.1) is 18.7 Å². The zero-order chi connectivity index (χ0) is 15.2. The van der Waals surface area contributed by atoms with Crippen molar-refractivity contribution in [2.45, 2.75) is 13.3 Å². The molecule has 0 bridgehead atoms. The lowest BCUT2D eigenvalue weighted by molar-refractivity contribution is -0.121. The van der Waals surface area contributed by atoms with Crippen molar-refractivity contribution in [3.8, 4) is 0 Å². The number of nitrogens with one attached hydrogen (secondary N) is 1. The van der Waals surface area contributed by atoms with Crippen molar-refractivity contribution in [2.24, 2.45) is 11.7 Å². The summed E-state index contributed by atoms with van der Waals surface area (Å²) in [5, 5.41) is 3.11. The molecule has 0 aliphatic heterocycles. The smallest absolute Gasteiger partial charge is 0.222 e. The molecule has 2 rings (SSSR count). The van der Waals surface area contributed by atoms with Crippen LogP contribution in [0.5, 0.6) is 0 Å². The van der Waals surface area contributed by atoms with E-state index in [-0.39, 0.29) is 17.6 Å². The maximum absolute atomic E-state index is 12.9. The molecule has 0 aliphatic rings. The molecule has 1 heterocycles. The minimum absolute atomic E-state index is 0.295. The maximum atomic E-state index is 12.9. The SMILES string of the molecule is Cc1cccc(NC[C@@H](Cc2ccc(F)cc2)C(N)=O)n1. The van der Waals surface area contributed by atoms with E-state index in [2.05, 4.69) is 10.3 Å². The molecule has 0 saturated carbocycles. The lowest BCUT2D eigenvalue weighted by atomic mass is 9.98. The van der Waals surface area contributed by atoms with E-state index < -0.39 is 0 Å². The van der Waals surface area contributed by atoms with Gasteiger partial charge in [-0.3, -0.25) is 4.79 Å². The van der Waals surface area contributed by atoms with E-state index in [1.807, 2.05) is 25.1 Å². The van der Waals surface area contributed by atoms with Gasteiger partial charge < -0.3 is 11.1 Å². The maximum Gasteiger partial charge on any atom is 0.222 e. The highest BCUT2D eigenvalue weighted by Crippen LogP contribution is 2.12. The molecule has 21 heavy (non-hydrogen) atoms. The van der Waals surface area contributed by atoms with Crippen LogP contribution >= 0.6 is 0 Å². The van der Waals surface area contributed by atoms with E-state index in [9.17, 15) is 9.18 Å². The van der Waals surface area contributed by atoms with E-state index in [0.717, 1.165) is 11.3 Å².